The van der Waals surface area contributed by atoms with Crippen LogP contribution in [0.3, 0.4) is 0 Å². The number of piperazine rings is 1. The number of carbonyl (C=O) groups excluding carboxylic acids is 2. The zero-order valence-corrected chi connectivity index (χ0v) is 16.8. The van der Waals surface area contributed by atoms with Crippen LogP contribution in [0.1, 0.15) is 46.1 Å². The summed E-state index contributed by atoms with van der Waals surface area (Å²) >= 11 is 5.99. The number of nitrogens with one attached hydrogen (secondary N) is 1. The molecule has 0 radical (unpaired) electrons. The third kappa shape index (κ3) is 5.87. The van der Waals surface area contributed by atoms with E-state index in [4.69, 9.17) is 11.6 Å². The molecule has 0 aliphatic carbocycles. The van der Waals surface area contributed by atoms with E-state index in [1.807, 2.05) is 12.1 Å². The van der Waals surface area contributed by atoms with Crippen molar-refractivity contribution in [2.75, 3.05) is 6.54 Å². The molecule has 1 aromatic rings. The number of rotatable bonds is 6. The molecule has 0 bridgehead atoms. The lowest BCUT2D eigenvalue weighted by atomic mass is 9.95. The fourth-order valence-corrected chi connectivity index (χ4v) is 3.55. The molecule has 0 unspecified atom stereocenters. The van der Waals surface area contributed by atoms with Gasteiger partial charge in [-0.3, -0.25) is 9.59 Å². The van der Waals surface area contributed by atoms with Crippen molar-refractivity contribution in [1.82, 2.24) is 10.2 Å². The number of nitrogens with zero attached hydrogens (tertiary/aromatic N) is 1. The zero-order valence-electron chi connectivity index (χ0n) is 16.0. The van der Waals surface area contributed by atoms with Gasteiger partial charge in [-0.05, 0) is 48.4 Å². The van der Waals surface area contributed by atoms with Gasteiger partial charge >= 0.3 is 0 Å². The predicted octanol–water partition coefficient (Wildman–Crippen LogP) is 4.14. The molecule has 1 heterocycles. The van der Waals surface area contributed by atoms with Gasteiger partial charge in [-0.1, -0.05) is 51.4 Å². The molecule has 5 heteroatoms. The molecule has 1 aliphatic rings. The van der Waals surface area contributed by atoms with Crippen LogP contribution in [0, 0.1) is 11.8 Å². The smallest absolute Gasteiger partial charge is 0.247 e. The maximum Gasteiger partial charge on any atom is 0.247 e. The highest BCUT2D eigenvalue weighted by Crippen LogP contribution is 2.20. The molecular weight excluding hydrogens is 348 g/mol. The van der Waals surface area contributed by atoms with Crippen LogP contribution in [0.2, 0.25) is 5.02 Å². The number of hydrogen-bond acceptors (Lipinski definition) is 2. The third-order valence-electron chi connectivity index (χ3n) is 4.44. The highest BCUT2D eigenvalue weighted by molar-refractivity contribution is 6.30. The largest absolute Gasteiger partial charge is 0.350 e. The Kier molecular flexibility index (Phi) is 7.27. The minimum atomic E-state index is -0.407. The summed E-state index contributed by atoms with van der Waals surface area (Å²) in [6, 6.07) is 6.95. The van der Waals surface area contributed by atoms with Crippen molar-refractivity contribution < 1.29 is 9.59 Å². The molecule has 1 N–H and O–H groups in total. The van der Waals surface area contributed by atoms with Gasteiger partial charge in [0.2, 0.25) is 11.8 Å². The van der Waals surface area contributed by atoms with E-state index in [0.717, 1.165) is 12.0 Å². The maximum absolute atomic E-state index is 12.9. The highest BCUT2D eigenvalue weighted by Gasteiger charge is 2.36. The molecule has 2 rings (SSSR count). The quantitative estimate of drug-likeness (QED) is 0.758. The Morgan fingerprint density at radius 3 is 2.58 bits per heavy atom. The van der Waals surface area contributed by atoms with E-state index < -0.39 is 6.04 Å². The van der Waals surface area contributed by atoms with Crippen LogP contribution in [0.25, 0.3) is 6.08 Å². The van der Waals surface area contributed by atoms with E-state index in [1.165, 1.54) is 0 Å². The minimum absolute atomic E-state index is 0.00873. The summed E-state index contributed by atoms with van der Waals surface area (Å²) in [5, 5.41) is 3.73. The number of amides is 2. The van der Waals surface area contributed by atoms with Gasteiger partial charge in [-0.25, -0.2) is 0 Å². The number of carbonyl (C=O) groups is 2. The van der Waals surface area contributed by atoms with Gasteiger partial charge < -0.3 is 10.2 Å². The first kappa shape index (κ1) is 20.5. The van der Waals surface area contributed by atoms with Crippen LogP contribution in [0.4, 0.5) is 0 Å². The van der Waals surface area contributed by atoms with Crippen LogP contribution >= 0.6 is 11.6 Å². The zero-order chi connectivity index (χ0) is 19.3. The average molecular weight is 377 g/mol. The van der Waals surface area contributed by atoms with E-state index >= 15 is 0 Å². The highest BCUT2D eigenvalue weighted by atomic mass is 35.5. The Labute approximate surface area is 161 Å². The Bertz CT molecular complexity index is 670. The number of benzene rings is 1. The molecule has 0 aromatic heterocycles. The van der Waals surface area contributed by atoms with Crippen molar-refractivity contribution >= 4 is 29.5 Å². The second kappa shape index (κ2) is 9.22. The van der Waals surface area contributed by atoms with Crippen LogP contribution in [-0.2, 0) is 9.59 Å². The lowest BCUT2D eigenvalue weighted by molar-refractivity contribution is -0.142. The lowest BCUT2D eigenvalue weighted by Gasteiger charge is -2.40. The molecule has 1 fully saturated rings. The van der Waals surface area contributed by atoms with Crippen molar-refractivity contribution in [3.8, 4) is 0 Å². The summed E-state index contributed by atoms with van der Waals surface area (Å²) < 4.78 is 0. The summed E-state index contributed by atoms with van der Waals surface area (Å²) in [6.07, 6.45) is 4.83. The fraction of sp³-hybridized carbons (Fsp3) is 0.524. The fourth-order valence-electron chi connectivity index (χ4n) is 3.35. The van der Waals surface area contributed by atoms with Gasteiger partial charge in [0.05, 0.1) is 0 Å². The monoisotopic (exact) mass is 376 g/mol. The Morgan fingerprint density at radius 1 is 1.27 bits per heavy atom. The SMILES string of the molecule is CC(C)C[C@H]1CN(C(=O)C=Cc2cccc(Cl)c2)[C@@H](CC(C)C)C(=O)N1. The molecule has 26 heavy (non-hydrogen) atoms. The second-order valence-corrected chi connectivity index (χ2v) is 8.30. The normalized spacial score (nSPS) is 20.9. The third-order valence-corrected chi connectivity index (χ3v) is 4.68. The summed E-state index contributed by atoms with van der Waals surface area (Å²) in [6.45, 7) is 8.94. The van der Waals surface area contributed by atoms with Crippen LogP contribution in [0.15, 0.2) is 30.3 Å². The first-order valence-corrected chi connectivity index (χ1v) is 9.68. The van der Waals surface area contributed by atoms with Crippen molar-refractivity contribution in [3.63, 3.8) is 0 Å². The molecule has 1 saturated heterocycles. The van der Waals surface area contributed by atoms with Crippen molar-refractivity contribution in [3.05, 3.63) is 40.9 Å². The molecule has 142 valence electrons. The summed E-state index contributed by atoms with van der Waals surface area (Å²) in [5.74, 6) is 0.625. The molecule has 1 aromatic carbocycles. The van der Waals surface area contributed by atoms with E-state index in [-0.39, 0.29) is 17.9 Å². The average Bonchev–Trinajstić information content (AvgIpc) is 2.54. The molecule has 1 aliphatic heterocycles. The van der Waals surface area contributed by atoms with E-state index in [2.05, 4.69) is 33.0 Å². The first-order valence-electron chi connectivity index (χ1n) is 9.31. The minimum Gasteiger partial charge on any atom is -0.350 e. The molecule has 0 saturated carbocycles. The number of hydrogen-bond donors (Lipinski definition) is 1. The van der Waals surface area contributed by atoms with Gasteiger partial charge in [0.15, 0.2) is 0 Å². The predicted molar refractivity (Wildman–Crippen MR) is 107 cm³/mol. The van der Waals surface area contributed by atoms with Crippen LogP contribution in [-0.4, -0.2) is 35.3 Å². The van der Waals surface area contributed by atoms with E-state index in [0.29, 0.717) is 29.8 Å². The maximum atomic E-state index is 12.9. The van der Waals surface area contributed by atoms with Gasteiger partial charge in [0, 0.05) is 23.7 Å². The van der Waals surface area contributed by atoms with E-state index in [9.17, 15) is 9.59 Å². The molecule has 2 atom stereocenters. The Balaban J connectivity index is 2.18. The topological polar surface area (TPSA) is 49.4 Å². The van der Waals surface area contributed by atoms with Crippen molar-refractivity contribution in [2.24, 2.45) is 11.8 Å². The van der Waals surface area contributed by atoms with Crippen molar-refractivity contribution in [1.29, 1.82) is 0 Å². The standard InChI is InChI=1S/C21H29ClN2O2/c1-14(2)10-18-13-24(19(11-15(3)4)21(26)23-18)20(25)9-8-16-6-5-7-17(22)12-16/h5-9,12,14-15,18-19H,10-11,13H2,1-4H3,(H,23,26)/t18-,19-/m0/s1. The molecule has 2 amide bonds. The Morgan fingerprint density at radius 2 is 1.96 bits per heavy atom. The number of halogens is 1. The summed E-state index contributed by atoms with van der Waals surface area (Å²) in [7, 11) is 0. The van der Waals surface area contributed by atoms with Crippen molar-refractivity contribution in [2.45, 2.75) is 52.6 Å². The van der Waals surface area contributed by atoms with Gasteiger partial charge in [0.1, 0.15) is 6.04 Å². The molecular formula is C21H29ClN2O2. The summed E-state index contributed by atoms with van der Waals surface area (Å²) in [4.78, 5) is 27.2. The first-order chi connectivity index (χ1) is 12.3. The molecule has 4 nitrogen and oxygen atoms in total. The van der Waals surface area contributed by atoms with Gasteiger partial charge in [-0.2, -0.15) is 0 Å². The molecule has 0 spiro atoms. The second-order valence-electron chi connectivity index (χ2n) is 7.86. The van der Waals surface area contributed by atoms with Crippen LogP contribution in [0.5, 0.6) is 0 Å². The van der Waals surface area contributed by atoms with Crippen LogP contribution < -0.4 is 5.32 Å². The van der Waals surface area contributed by atoms with Gasteiger partial charge in [0.25, 0.3) is 0 Å². The van der Waals surface area contributed by atoms with Gasteiger partial charge in [-0.15, -0.1) is 0 Å². The van der Waals surface area contributed by atoms with E-state index in [1.54, 1.807) is 29.2 Å². The Hall–Kier alpha value is -1.81. The lowest BCUT2D eigenvalue weighted by Crippen LogP contribution is -2.61. The summed E-state index contributed by atoms with van der Waals surface area (Å²) in [5.41, 5.74) is 0.867.